The van der Waals surface area contributed by atoms with E-state index in [2.05, 4.69) is 37.0 Å². The quantitative estimate of drug-likeness (QED) is 0.660. The first-order valence-corrected chi connectivity index (χ1v) is 7.70. The smallest absolute Gasteiger partial charge is 0.132 e. The average Bonchev–Trinajstić information content (AvgIpc) is 2.84. The first-order chi connectivity index (χ1) is 10.0. The van der Waals surface area contributed by atoms with E-state index in [0.717, 1.165) is 14.6 Å². The fraction of sp³-hybridized carbons (Fsp3) is 0. The maximum absolute atomic E-state index is 14.0. The molecule has 6 heteroatoms. The molecule has 0 aliphatic heterocycles. The number of benzene rings is 2. The van der Waals surface area contributed by atoms with Crippen LogP contribution in [0.25, 0.3) is 16.9 Å². The van der Waals surface area contributed by atoms with E-state index in [0.29, 0.717) is 16.9 Å². The Morgan fingerprint density at radius 3 is 2.38 bits per heavy atom. The van der Waals surface area contributed by atoms with E-state index in [1.807, 2.05) is 24.3 Å². The van der Waals surface area contributed by atoms with E-state index in [-0.39, 0.29) is 5.82 Å². The molecule has 0 saturated heterocycles. The van der Waals surface area contributed by atoms with Gasteiger partial charge in [-0.15, -0.1) is 0 Å². The zero-order chi connectivity index (χ0) is 15.0. The van der Waals surface area contributed by atoms with Gasteiger partial charge in [0, 0.05) is 14.5 Å². The van der Waals surface area contributed by atoms with Crippen LogP contribution in [0.3, 0.4) is 0 Å². The zero-order valence-electron chi connectivity index (χ0n) is 10.7. The molecule has 0 fully saturated rings. The highest BCUT2D eigenvalue weighted by atomic mass is 79.9. The number of anilines is 1. The number of hydrogen-bond acceptors (Lipinski definition) is 2. The summed E-state index contributed by atoms with van der Waals surface area (Å²) in [6.45, 7) is 0. The molecule has 1 aromatic heterocycles. The highest BCUT2D eigenvalue weighted by Crippen LogP contribution is 2.30. The van der Waals surface area contributed by atoms with Gasteiger partial charge in [-0.2, -0.15) is 5.10 Å². The van der Waals surface area contributed by atoms with Gasteiger partial charge >= 0.3 is 0 Å². The minimum absolute atomic E-state index is 0.356. The molecular weight excluding hydrogens is 401 g/mol. The van der Waals surface area contributed by atoms with Crippen molar-refractivity contribution in [1.82, 2.24) is 9.78 Å². The Labute approximate surface area is 137 Å². The van der Waals surface area contributed by atoms with Crippen LogP contribution < -0.4 is 5.73 Å². The third-order valence-corrected chi connectivity index (χ3v) is 4.04. The summed E-state index contributed by atoms with van der Waals surface area (Å²) in [5.41, 5.74) is 8.06. The van der Waals surface area contributed by atoms with E-state index in [4.69, 9.17) is 5.73 Å². The summed E-state index contributed by atoms with van der Waals surface area (Å²) in [5, 5.41) is 4.40. The Morgan fingerprint density at radius 1 is 1.00 bits per heavy atom. The van der Waals surface area contributed by atoms with Gasteiger partial charge in [0.2, 0.25) is 0 Å². The summed E-state index contributed by atoms with van der Waals surface area (Å²) < 4.78 is 17.4. The first-order valence-electron chi connectivity index (χ1n) is 6.11. The van der Waals surface area contributed by atoms with Crippen molar-refractivity contribution in [1.29, 1.82) is 0 Å². The minimum atomic E-state index is -0.356. The summed E-state index contributed by atoms with van der Waals surface area (Å²) in [5.74, 6) is -0.356. The molecule has 0 atom stereocenters. The van der Waals surface area contributed by atoms with Crippen molar-refractivity contribution in [2.24, 2.45) is 0 Å². The van der Waals surface area contributed by atoms with Gasteiger partial charge in [0.05, 0.1) is 17.6 Å². The third kappa shape index (κ3) is 2.87. The van der Waals surface area contributed by atoms with Crippen molar-refractivity contribution in [2.45, 2.75) is 0 Å². The Hall–Kier alpha value is -1.66. The Bertz CT molecular complexity index is 797. The molecule has 0 radical (unpaired) electrons. The topological polar surface area (TPSA) is 43.8 Å². The SMILES string of the molecule is Nc1cn(-c2ccc(Br)cc2)nc1-c1cc(Br)ccc1F. The van der Waals surface area contributed by atoms with E-state index >= 15 is 0 Å². The Morgan fingerprint density at radius 2 is 1.67 bits per heavy atom. The van der Waals surface area contributed by atoms with E-state index < -0.39 is 0 Å². The van der Waals surface area contributed by atoms with Crippen LogP contribution in [0.4, 0.5) is 10.1 Å². The molecule has 0 bridgehead atoms. The molecule has 2 aromatic carbocycles. The molecule has 0 saturated carbocycles. The number of nitrogens with zero attached hydrogens (tertiary/aromatic N) is 2. The van der Waals surface area contributed by atoms with Gasteiger partial charge in [0.25, 0.3) is 0 Å². The normalized spacial score (nSPS) is 10.8. The van der Waals surface area contributed by atoms with E-state index in [1.165, 1.54) is 6.07 Å². The summed E-state index contributed by atoms with van der Waals surface area (Å²) in [6, 6.07) is 12.3. The van der Waals surface area contributed by atoms with Crippen molar-refractivity contribution in [3.05, 3.63) is 63.4 Å². The van der Waals surface area contributed by atoms with Crippen LogP contribution in [0.5, 0.6) is 0 Å². The average molecular weight is 411 g/mol. The number of aromatic nitrogens is 2. The number of nitrogens with two attached hydrogens (primary N) is 1. The van der Waals surface area contributed by atoms with Crippen molar-refractivity contribution in [3.8, 4) is 16.9 Å². The van der Waals surface area contributed by atoms with Gasteiger partial charge in [-0.1, -0.05) is 31.9 Å². The second-order valence-corrected chi connectivity index (χ2v) is 6.31. The van der Waals surface area contributed by atoms with Crippen molar-refractivity contribution < 1.29 is 4.39 Å². The van der Waals surface area contributed by atoms with Crippen LogP contribution in [0.2, 0.25) is 0 Å². The fourth-order valence-corrected chi connectivity index (χ4v) is 2.63. The number of hydrogen-bond donors (Lipinski definition) is 1. The highest BCUT2D eigenvalue weighted by molar-refractivity contribution is 9.10. The number of nitrogen functional groups attached to an aromatic ring is 1. The fourth-order valence-electron chi connectivity index (χ4n) is 2.00. The molecule has 0 aliphatic carbocycles. The van der Waals surface area contributed by atoms with Crippen LogP contribution >= 0.6 is 31.9 Å². The molecule has 2 N–H and O–H groups in total. The minimum Gasteiger partial charge on any atom is -0.396 e. The standard InChI is InChI=1S/C15H10Br2FN3/c16-9-1-4-11(5-2-9)21-8-14(19)15(20-21)12-7-10(17)3-6-13(12)18/h1-8H,19H2. The van der Waals surface area contributed by atoms with E-state index in [1.54, 1.807) is 23.0 Å². The van der Waals surface area contributed by atoms with Crippen LogP contribution in [0, 0.1) is 5.82 Å². The van der Waals surface area contributed by atoms with Gasteiger partial charge in [-0.05, 0) is 42.5 Å². The van der Waals surface area contributed by atoms with Crippen molar-refractivity contribution in [3.63, 3.8) is 0 Å². The monoisotopic (exact) mass is 409 g/mol. The molecule has 3 nitrogen and oxygen atoms in total. The molecule has 0 amide bonds. The highest BCUT2D eigenvalue weighted by Gasteiger charge is 2.14. The van der Waals surface area contributed by atoms with Gasteiger partial charge in [0.15, 0.2) is 0 Å². The van der Waals surface area contributed by atoms with Crippen molar-refractivity contribution >= 4 is 37.5 Å². The lowest BCUT2D eigenvalue weighted by atomic mass is 10.1. The maximum Gasteiger partial charge on any atom is 0.132 e. The summed E-state index contributed by atoms with van der Waals surface area (Å²) in [4.78, 5) is 0. The molecule has 0 spiro atoms. The lowest BCUT2D eigenvalue weighted by Crippen LogP contribution is -1.95. The van der Waals surface area contributed by atoms with Gasteiger partial charge in [-0.3, -0.25) is 0 Å². The number of halogens is 3. The zero-order valence-corrected chi connectivity index (χ0v) is 13.9. The molecule has 106 valence electrons. The predicted molar refractivity (Wildman–Crippen MR) is 88.8 cm³/mol. The van der Waals surface area contributed by atoms with Crippen LogP contribution in [-0.2, 0) is 0 Å². The molecule has 0 unspecified atom stereocenters. The van der Waals surface area contributed by atoms with Crippen LogP contribution in [-0.4, -0.2) is 9.78 Å². The Kier molecular flexibility index (Phi) is 3.82. The lowest BCUT2D eigenvalue weighted by Gasteiger charge is -2.02. The lowest BCUT2D eigenvalue weighted by molar-refractivity contribution is 0.630. The summed E-state index contributed by atoms with van der Waals surface area (Å²) >= 11 is 6.71. The third-order valence-electron chi connectivity index (χ3n) is 3.02. The molecule has 3 rings (SSSR count). The molecular formula is C15H10Br2FN3. The van der Waals surface area contributed by atoms with Gasteiger partial charge in [-0.25, -0.2) is 9.07 Å². The largest absolute Gasteiger partial charge is 0.396 e. The predicted octanol–water partition coefficient (Wildman–Crippen LogP) is 4.79. The first kappa shape index (κ1) is 14.3. The molecule has 21 heavy (non-hydrogen) atoms. The maximum atomic E-state index is 14.0. The van der Waals surface area contributed by atoms with E-state index in [9.17, 15) is 4.39 Å². The van der Waals surface area contributed by atoms with Crippen molar-refractivity contribution in [2.75, 3.05) is 5.73 Å². The molecule has 1 heterocycles. The molecule has 3 aromatic rings. The van der Waals surface area contributed by atoms with Gasteiger partial charge < -0.3 is 5.73 Å². The van der Waals surface area contributed by atoms with Crippen LogP contribution in [0.15, 0.2) is 57.6 Å². The molecule has 0 aliphatic rings. The summed E-state index contributed by atoms with van der Waals surface area (Å²) in [7, 11) is 0. The number of rotatable bonds is 2. The second kappa shape index (κ2) is 5.61. The second-order valence-electron chi connectivity index (χ2n) is 4.48. The Balaban J connectivity index is 2.09. The van der Waals surface area contributed by atoms with Gasteiger partial charge in [0.1, 0.15) is 11.5 Å². The summed E-state index contributed by atoms with van der Waals surface area (Å²) in [6.07, 6.45) is 1.68. The van der Waals surface area contributed by atoms with Crippen LogP contribution in [0.1, 0.15) is 0 Å².